The summed E-state index contributed by atoms with van der Waals surface area (Å²) in [6.07, 6.45) is 7.68. The summed E-state index contributed by atoms with van der Waals surface area (Å²) in [5, 5.41) is 0. The second-order valence-electron chi connectivity index (χ2n) is 5.69. The van der Waals surface area contributed by atoms with Crippen LogP contribution in [0, 0.1) is 6.92 Å². The fourth-order valence-corrected chi connectivity index (χ4v) is 2.43. The summed E-state index contributed by atoms with van der Waals surface area (Å²) in [7, 11) is 1.68. The van der Waals surface area contributed by atoms with E-state index in [1.54, 1.807) is 7.11 Å². The minimum atomic E-state index is -0.125. The Kier molecular flexibility index (Phi) is 9.11. The van der Waals surface area contributed by atoms with Crippen LogP contribution in [-0.4, -0.2) is 20.3 Å². The minimum Gasteiger partial charge on any atom is -0.496 e. The molecule has 0 aliphatic rings. The van der Waals surface area contributed by atoms with Crippen LogP contribution in [-0.2, 0) is 4.74 Å². The average Bonchev–Trinajstić information content (AvgIpc) is 2.49. The van der Waals surface area contributed by atoms with Crippen LogP contribution < -0.4 is 10.5 Å². The first-order valence-electron chi connectivity index (χ1n) is 8.17. The Bertz CT molecular complexity index is 393. The molecule has 1 aromatic rings. The second kappa shape index (κ2) is 10.6. The molecule has 3 heteroatoms. The standard InChI is InChI=1S/C18H31NO2/c1-4-5-6-7-8-9-12-21-14-17(19)16-13-15(2)10-11-18(16)20-3/h10-11,13,17H,4-9,12,14,19H2,1-3H3. The lowest BCUT2D eigenvalue weighted by atomic mass is 10.0. The van der Waals surface area contributed by atoms with Gasteiger partial charge in [-0.15, -0.1) is 0 Å². The van der Waals surface area contributed by atoms with E-state index in [4.69, 9.17) is 15.2 Å². The van der Waals surface area contributed by atoms with Crippen molar-refractivity contribution in [2.24, 2.45) is 5.73 Å². The van der Waals surface area contributed by atoms with Crippen LogP contribution in [0.4, 0.5) is 0 Å². The second-order valence-corrected chi connectivity index (χ2v) is 5.69. The quantitative estimate of drug-likeness (QED) is 0.616. The van der Waals surface area contributed by atoms with Gasteiger partial charge in [0.2, 0.25) is 0 Å². The summed E-state index contributed by atoms with van der Waals surface area (Å²) in [6.45, 7) is 5.65. The number of benzene rings is 1. The van der Waals surface area contributed by atoms with Gasteiger partial charge in [0.15, 0.2) is 0 Å². The van der Waals surface area contributed by atoms with Crippen LogP contribution in [0.1, 0.15) is 62.6 Å². The summed E-state index contributed by atoms with van der Waals surface area (Å²) in [5.41, 5.74) is 8.44. The highest BCUT2D eigenvalue weighted by molar-refractivity contribution is 5.39. The summed E-state index contributed by atoms with van der Waals surface area (Å²) in [6, 6.07) is 5.96. The van der Waals surface area contributed by atoms with Crippen molar-refractivity contribution in [2.75, 3.05) is 20.3 Å². The Hall–Kier alpha value is -1.06. The molecule has 0 saturated heterocycles. The lowest BCUT2D eigenvalue weighted by Crippen LogP contribution is -2.18. The van der Waals surface area contributed by atoms with E-state index in [9.17, 15) is 0 Å². The number of rotatable bonds is 11. The van der Waals surface area contributed by atoms with Crippen molar-refractivity contribution >= 4 is 0 Å². The molecule has 0 aliphatic heterocycles. The minimum absolute atomic E-state index is 0.125. The maximum atomic E-state index is 6.22. The monoisotopic (exact) mass is 293 g/mol. The number of hydrogen-bond donors (Lipinski definition) is 1. The van der Waals surface area contributed by atoms with Crippen molar-refractivity contribution in [3.05, 3.63) is 29.3 Å². The third-order valence-electron chi connectivity index (χ3n) is 3.72. The fourth-order valence-electron chi connectivity index (χ4n) is 2.43. The van der Waals surface area contributed by atoms with E-state index >= 15 is 0 Å². The van der Waals surface area contributed by atoms with Gasteiger partial charge in [0.1, 0.15) is 5.75 Å². The average molecular weight is 293 g/mol. The highest BCUT2D eigenvalue weighted by Gasteiger charge is 2.12. The SMILES string of the molecule is CCCCCCCCOCC(N)c1cc(C)ccc1OC. The maximum absolute atomic E-state index is 6.22. The van der Waals surface area contributed by atoms with Crippen LogP contribution in [0.25, 0.3) is 0 Å². The van der Waals surface area contributed by atoms with Gasteiger partial charge in [-0.1, -0.05) is 56.7 Å². The molecule has 3 nitrogen and oxygen atoms in total. The van der Waals surface area contributed by atoms with Crippen molar-refractivity contribution < 1.29 is 9.47 Å². The molecule has 0 bridgehead atoms. The predicted molar refractivity (Wildman–Crippen MR) is 88.9 cm³/mol. The first-order chi connectivity index (χ1) is 10.2. The molecule has 0 aromatic heterocycles. The smallest absolute Gasteiger partial charge is 0.123 e. The number of unbranched alkanes of at least 4 members (excludes halogenated alkanes) is 5. The topological polar surface area (TPSA) is 44.5 Å². The van der Waals surface area contributed by atoms with Gasteiger partial charge >= 0.3 is 0 Å². The highest BCUT2D eigenvalue weighted by Crippen LogP contribution is 2.25. The molecule has 120 valence electrons. The van der Waals surface area contributed by atoms with Crippen molar-refractivity contribution in [3.8, 4) is 5.75 Å². The summed E-state index contributed by atoms with van der Waals surface area (Å²) in [5.74, 6) is 0.844. The van der Waals surface area contributed by atoms with E-state index in [1.807, 2.05) is 12.1 Å². The molecule has 1 atom stereocenters. The number of aryl methyl sites for hydroxylation is 1. The Morgan fingerprint density at radius 2 is 1.81 bits per heavy atom. The summed E-state index contributed by atoms with van der Waals surface area (Å²) in [4.78, 5) is 0. The van der Waals surface area contributed by atoms with Gasteiger partial charge in [0.05, 0.1) is 19.8 Å². The number of nitrogens with two attached hydrogens (primary N) is 1. The van der Waals surface area contributed by atoms with Crippen LogP contribution in [0.2, 0.25) is 0 Å². The largest absolute Gasteiger partial charge is 0.496 e. The third-order valence-corrected chi connectivity index (χ3v) is 3.72. The zero-order valence-corrected chi connectivity index (χ0v) is 13.9. The lowest BCUT2D eigenvalue weighted by Gasteiger charge is -2.16. The molecule has 0 saturated carbocycles. The van der Waals surface area contributed by atoms with Gasteiger partial charge < -0.3 is 15.2 Å². The van der Waals surface area contributed by atoms with E-state index in [2.05, 4.69) is 19.9 Å². The molecule has 0 spiro atoms. The molecule has 0 amide bonds. The molecule has 0 aliphatic carbocycles. The van der Waals surface area contributed by atoms with Crippen LogP contribution in [0.15, 0.2) is 18.2 Å². The Balaban J connectivity index is 2.24. The molecule has 21 heavy (non-hydrogen) atoms. The Morgan fingerprint density at radius 1 is 1.10 bits per heavy atom. The molecule has 1 rings (SSSR count). The van der Waals surface area contributed by atoms with Crippen LogP contribution >= 0.6 is 0 Å². The van der Waals surface area contributed by atoms with Crippen molar-refractivity contribution in [2.45, 2.75) is 58.4 Å². The van der Waals surface area contributed by atoms with E-state index in [0.29, 0.717) is 6.61 Å². The number of methoxy groups -OCH3 is 1. The van der Waals surface area contributed by atoms with Gasteiger partial charge in [-0.2, -0.15) is 0 Å². The Morgan fingerprint density at radius 3 is 2.52 bits per heavy atom. The molecule has 1 unspecified atom stereocenters. The van der Waals surface area contributed by atoms with E-state index in [-0.39, 0.29) is 6.04 Å². The van der Waals surface area contributed by atoms with Gasteiger partial charge in [0.25, 0.3) is 0 Å². The Labute approximate surface area is 129 Å². The third kappa shape index (κ3) is 6.96. The maximum Gasteiger partial charge on any atom is 0.123 e. The van der Waals surface area contributed by atoms with Crippen molar-refractivity contribution in [1.29, 1.82) is 0 Å². The molecule has 0 fully saturated rings. The van der Waals surface area contributed by atoms with Gasteiger partial charge in [-0.25, -0.2) is 0 Å². The normalized spacial score (nSPS) is 12.4. The summed E-state index contributed by atoms with van der Waals surface area (Å²) < 4.78 is 11.1. The molecule has 0 radical (unpaired) electrons. The number of ether oxygens (including phenoxy) is 2. The van der Waals surface area contributed by atoms with E-state index in [0.717, 1.165) is 24.3 Å². The predicted octanol–water partition coefficient (Wildman–Crippen LogP) is 4.38. The van der Waals surface area contributed by atoms with Crippen molar-refractivity contribution in [1.82, 2.24) is 0 Å². The van der Waals surface area contributed by atoms with Gasteiger partial charge in [-0.3, -0.25) is 0 Å². The van der Waals surface area contributed by atoms with E-state index in [1.165, 1.54) is 37.7 Å². The molecule has 2 N–H and O–H groups in total. The highest BCUT2D eigenvalue weighted by atomic mass is 16.5. The molecule has 1 aromatic carbocycles. The fraction of sp³-hybridized carbons (Fsp3) is 0.667. The molecule has 0 heterocycles. The molecular formula is C18H31NO2. The van der Waals surface area contributed by atoms with Crippen molar-refractivity contribution in [3.63, 3.8) is 0 Å². The van der Waals surface area contributed by atoms with Crippen LogP contribution in [0.3, 0.4) is 0 Å². The van der Waals surface area contributed by atoms with E-state index < -0.39 is 0 Å². The molecular weight excluding hydrogens is 262 g/mol. The van der Waals surface area contributed by atoms with Crippen LogP contribution in [0.5, 0.6) is 5.75 Å². The lowest BCUT2D eigenvalue weighted by molar-refractivity contribution is 0.116. The van der Waals surface area contributed by atoms with Gasteiger partial charge in [-0.05, 0) is 19.4 Å². The first-order valence-corrected chi connectivity index (χ1v) is 8.17. The summed E-state index contributed by atoms with van der Waals surface area (Å²) >= 11 is 0. The number of hydrogen-bond acceptors (Lipinski definition) is 3. The zero-order valence-electron chi connectivity index (χ0n) is 13.9. The van der Waals surface area contributed by atoms with Gasteiger partial charge in [0, 0.05) is 12.2 Å². The first kappa shape index (κ1) is 18.0. The zero-order chi connectivity index (χ0) is 15.5.